The fourth-order valence-corrected chi connectivity index (χ4v) is 7.22. The molecule has 0 aliphatic carbocycles. The molecule has 6 heteroatoms. The Bertz CT molecular complexity index is 1060. The summed E-state index contributed by atoms with van der Waals surface area (Å²) >= 11 is 0. The van der Waals surface area contributed by atoms with Crippen LogP contribution < -0.4 is 0 Å². The number of carbonyl (C=O) groups is 3. The summed E-state index contributed by atoms with van der Waals surface area (Å²) in [6.45, 7) is 6.50. The van der Waals surface area contributed by atoms with Crippen LogP contribution in [0.4, 0.5) is 0 Å². The molecular formula is C54H96O6. The van der Waals surface area contributed by atoms with Gasteiger partial charge >= 0.3 is 17.9 Å². The quantitative estimate of drug-likeness (QED) is 0.0263. The van der Waals surface area contributed by atoms with Gasteiger partial charge in [0.1, 0.15) is 13.2 Å². The van der Waals surface area contributed by atoms with Crippen LogP contribution in [0.25, 0.3) is 0 Å². The highest BCUT2D eigenvalue weighted by Crippen LogP contribution is 2.15. The molecule has 0 aliphatic rings. The molecule has 0 aromatic heterocycles. The number of unbranched alkanes of at least 4 members (excludes halogenated alkanes) is 27. The molecule has 0 N–H and O–H groups in total. The largest absolute Gasteiger partial charge is 0.462 e. The van der Waals surface area contributed by atoms with Crippen LogP contribution in [0.15, 0.2) is 48.6 Å². The van der Waals surface area contributed by atoms with Crippen LogP contribution in [-0.4, -0.2) is 37.2 Å². The Balaban J connectivity index is 4.31. The van der Waals surface area contributed by atoms with E-state index in [-0.39, 0.29) is 31.1 Å². The molecular weight excluding hydrogens is 745 g/mol. The summed E-state index contributed by atoms with van der Waals surface area (Å²) in [5.74, 6) is -0.885. The molecule has 0 amide bonds. The van der Waals surface area contributed by atoms with Crippen molar-refractivity contribution < 1.29 is 28.6 Å². The molecule has 0 radical (unpaired) electrons. The molecule has 0 spiro atoms. The van der Waals surface area contributed by atoms with Gasteiger partial charge in [-0.15, -0.1) is 0 Å². The van der Waals surface area contributed by atoms with Gasteiger partial charge in [-0.05, 0) is 77.0 Å². The zero-order valence-corrected chi connectivity index (χ0v) is 39.7. The second-order valence-corrected chi connectivity index (χ2v) is 17.1. The van der Waals surface area contributed by atoms with Gasteiger partial charge in [0.05, 0.1) is 0 Å². The van der Waals surface area contributed by atoms with Gasteiger partial charge < -0.3 is 14.2 Å². The Hall–Kier alpha value is -2.63. The topological polar surface area (TPSA) is 78.9 Å². The summed E-state index contributed by atoms with van der Waals surface area (Å²) in [5.41, 5.74) is 0. The standard InChI is InChI=1S/C54H96O6/c1-4-7-10-13-16-19-22-24-25-26-27-28-29-30-33-35-38-41-44-47-53(56)59-50-51(49-58-52(55)46-43-40-37-34-31-21-18-15-12-9-6-3)60-54(57)48-45-42-39-36-32-23-20-17-14-11-8-5-2/h7,10,16-17,19-20,24-25,51H,4-6,8-9,11-15,18,21-23,26-50H2,1-3H3/b10-7-,19-16-,20-17-,25-24-. The van der Waals surface area contributed by atoms with Gasteiger partial charge in [0.15, 0.2) is 6.10 Å². The number of esters is 3. The number of ether oxygens (including phenoxy) is 3. The predicted octanol–water partition coefficient (Wildman–Crippen LogP) is 16.7. The predicted molar refractivity (Wildman–Crippen MR) is 256 cm³/mol. The van der Waals surface area contributed by atoms with E-state index >= 15 is 0 Å². The van der Waals surface area contributed by atoms with Crippen LogP contribution in [0.3, 0.4) is 0 Å². The Morgan fingerprint density at radius 3 is 1.07 bits per heavy atom. The third kappa shape index (κ3) is 46.4. The lowest BCUT2D eigenvalue weighted by Gasteiger charge is -2.18. The minimum absolute atomic E-state index is 0.0758. The third-order valence-corrected chi connectivity index (χ3v) is 11.1. The molecule has 0 fully saturated rings. The summed E-state index contributed by atoms with van der Waals surface area (Å²) in [5, 5.41) is 0. The van der Waals surface area contributed by atoms with E-state index in [1.54, 1.807) is 0 Å². The third-order valence-electron chi connectivity index (χ3n) is 11.1. The van der Waals surface area contributed by atoms with Crippen LogP contribution >= 0.6 is 0 Å². The minimum atomic E-state index is -0.775. The molecule has 0 bridgehead atoms. The van der Waals surface area contributed by atoms with E-state index in [4.69, 9.17) is 14.2 Å². The Morgan fingerprint density at radius 1 is 0.350 bits per heavy atom. The van der Waals surface area contributed by atoms with E-state index in [9.17, 15) is 14.4 Å². The van der Waals surface area contributed by atoms with Crippen LogP contribution in [0.2, 0.25) is 0 Å². The first kappa shape index (κ1) is 57.4. The molecule has 348 valence electrons. The summed E-state index contributed by atoms with van der Waals surface area (Å²) in [7, 11) is 0. The molecule has 0 aromatic carbocycles. The van der Waals surface area contributed by atoms with E-state index in [1.807, 2.05) is 0 Å². The van der Waals surface area contributed by atoms with Gasteiger partial charge in [-0.3, -0.25) is 14.4 Å². The van der Waals surface area contributed by atoms with Crippen molar-refractivity contribution in [3.8, 4) is 0 Å². The maximum Gasteiger partial charge on any atom is 0.306 e. The zero-order chi connectivity index (χ0) is 43.7. The zero-order valence-electron chi connectivity index (χ0n) is 39.7. The van der Waals surface area contributed by atoms with Crippen molar-refractivity contribution in [1.29, 1.82) is 0 Å². The summed E-state index contributed by atoms with van der Waals surface area (Å²) in [6.07, 6.45) is 58.1. The first-order valence-corrected chi connectivity index (χ1v) is 25.6. The molecule has 1 atom stereocenters. The lowest BCUT2D eigenvalue weighted by Crippen LogP contribution is -2.30. The van der Waals surface area contributed by atoms with E-state index in [0.29, 0.717) is 19.3 Å². The van der Waals surface area contributed by atoms with Crippen LogP contribution in [0, 0.1) is 0 Å². The first-order chi connectivity index (χ1) is 29.5. The van der Waals surface area contributed by atoms with Gasteiger partial charge in [0.2, 0.25) is 0 Å². The average Bonchev–Trinajstić information content (AvgIpc) is 3.24. The molecule has 0 aliphatic heterocycles. The average molecular weight is 841 g/mol. The van der Waals surface area contributed by atoms with E-state index in [1.165, 1.54) is 128 Å². The van der Waals surface area contributed by atoms with Crippen molar-refractivity contribution in [3.05, 3.63) is 48.6 Å². The van der Waals surface area contributed by atoms with E-state index in [0.717, 1.165) is 89.9 Å². The molecule has 0 heterocycles. The van der Waals surface area contributed by atoms with Crippen molar-refractivity contribution in [2.24, 2.45) is 0 Å². The van der Waals surface area contributed by atoms with Crippen molar-refractivity contribution in [3.63, 3.8) is 0 Å². The van der Waals surface area contributed by atoms with Crippen LogP contribution in [0.5, 0.6) is 0 Å². The highest BCUT2D eigenvalue weighted by Gasteiger charge is 2.19. The molecule has 0 saturated carbocycles. The Morgan fingerprint density at radius 2 is 0.650 bits per heavy atom. The van der Waals surface area contributed by atoms with Gasteiger partial charge in [-0.1, -0.05) is 211 Å². The maximum absolute atomic E-state index is 12.8. The van der Waals surface area contributed by atoms with E-state index in [2.05, 4.69) is 69.4 Å². The summed E-state index contributed by atoms with van der Waals surface area (Å²) in [4.78, 5) is 37.9. The minimum Gasteiger partial charge on any atom is -0.462 e. The second kappa shape index (κ2) is 49.0. The van der Waals surface area contributed by atoms with Gasteiger partial charge in [0.25, 0.3) is 0 Å². The van der Waals surface area contributed by atoms with Gasteiger partial charge in [-0.2, -0.15) is 0 Å². The maximum atomic E-state index is 12.8. The van der Waals surface area contributed by atoms with Crippen molar-refractivity contribution in [2.75, 3.05) is 13.2 Å². The number of rotatable bonds is 46. The van der Waals surface area contributed by atoms with Crippen LogP contribution in [-0.2, 0) is 28.6 Å². The lowest BCUT2D eigenvalue weighted by molar-refractivity contribution is -0.167. The lowest BCUT2D eigenvalue weighted by atomic mass is 10.1. The monoisotopic (exact) mass is 841 g/mol. The van der Waals surface area contributed by atoms with Gasteiger partial charge in [0, 0.05) is 19.3 Å². The number of hydrogen-bond donors (Lipinski definition) is 0. The first-order valence-electron chi connectivity index (χ1n) is 25.6. The molecule has 0 aromatic rings. The highest BCUT2D eigenvalue weighted by molar-refractivity contribution is 5.71. The molecule has 0 rings (SSSR count). The highest BCUT2D eigenvalue weighted by atomic mass is 16.6. The molecule has 60 heavy (non-hydrogen) atoms. The van der Waals surface area contributed by atoms with Gasteiger partial charge in [-0.25, -0.2) is 0 Å². The fraction of sp³-hybridized carbons (Fsp3) is 0.796. The second-order valence-electron chi connectivity index (χ2n) is 17.1. The summed E-state index contributed by atoms with van der Waals surface area (Å²) < 4.78 is 16.8. The fourth-order valence-electron chi connectivity index (χ4n) is 7.22. The van der Waals surface area contributed by atoms with Crippen molar-refractivity contribution >= 4 is 17.9 Å². The van der Waals surface area contributed by atoms with Crippen molar-refractivity contribution in [1.82, 2.24) is 0 Å². The Kier molecular flexibility index (Phi) is 46.9. The molecule has 6 nitrogen and oxygen atoms in total. The number of hydrogen-bond acceptors (Lipinski definition) is 6. The van der Waals surface area contributed by atoms with Crippen LogP contribution in [0.1, 0.15) is 258 Å². The molecule has 1 unspecified atom stereocenters. The Labute approximate surface area is 371 Å². The van der Waals surface area contributed by atoms with E-state index < -0.39 is 6.10 Å². The normalized spacial score (nSPS) is 12.4. The van der Waals surface area contributed by atoms with Crippen molar-refractivity contribution in [2.45, 2.75) is 264 Å². The smallest absolute Gasteiger partial charge is 0.306 e. The SMILES string of the molecule is CC/C=C\C/C=C\C/C=C\CCCCCCCCCCCC(=O)OCC(COC(=O)CCCCCCCCCCCCC)OC(=O)CCCCCCC/C=C\CCCCC. The summed E-state index contributed by atoms with van der Waals surface area (Å²) in [6, 6.07) is 0. The number of carbonyl (C=O) groups excluding carboxylic acids is 3. The number of allylic oxidation sites excluding steroid dienone is 8. The molecule has 0 saturated heterocycles.